The van der Waals surface area contributed by atoms with Crippen molar-refractivity contribution in [1.82, 2.24) is 25.2 Å². The molecule has 8 nitrogen and oxygen atoms in total. The van der Waals surface area contributed by atoms with Crippen LogP contribution in [0.4, 0.5) is 4.79 Å². The lowest BCUT2D eigenvalue weighted by atomic mass is 10.2. The van der Waals surface area contributed by atoms with Gasteiger partial charge in [0.15, 0.2) is 5.65 Å². The van der Waals surface area contributed by atoms with Crippen molar-refractivity contribution in [2.75, 3.05) is 20.2 Å². The van der Waals surface area contributed by atoms with Gasteiger partial charge in [0.25, 0.3) is 0 Å². The van der Waals surface area contributed by atoms with E-state index in [4.69, 9.17) is 4.98 Å². The van der Waals surface area contributed by atoms with E-state index < -0.39 is 12.0 Å². The fraction of sp³-hybridized carbons (Fsp3) is 0.529. The maximum Gasteiger partial charge on any atom is 0.325 e. The minimum atomic E-state index is -0.482. The van der Waals surface area contributed by atoms with Crippen molar-refractivity contribution in [2.24, 2.45) is 0 Å². The molecule has 2 N–H and O–H groups in total. The molecule has 25 heavy (non-hydrogen) atoms. The molecule has 2 aromatic rings. The van der Waals surface area contributed by atoms with Crippen LogP contribution in [0.25, 0.3) is 11.2 Å². The van der Waals surface area contributed by atoms with E-state index in [2.05, 4.69) is 24.9 Å². The number of carbonyl (C=O) groups is 2. The van der Waals surface area contributed by atoms with E-state index in [1.165, 1.54) is 20.0 Å². The van der Waals surface area contributed by atoms with Crippen LogP contribution in [-0.2, 0) is 16.0 Å². The van der Waals surface area contributed by atoms with Crippen molar-refractivity contribution in [2.45, 2.75) is 38.1 Å². The van der Waals surface area contributed by atoms with Gasteiger partial charge < -0.3 is 19.9 Å². The predicted molar refractivity (Wildman–Crippen MR) is 92.2 cm³/mol. The summed E-state index contributed by atoms with van der Waals surface area (Å²) in [7, 11) is 1.28. The molecule has 1 aliphatic carbocycles. The summed E-state index contributed by atoms with van der Waals surface area (Å²) in [5.41, 5.74) is 1.80. The molecule has 3 rings (SSSR count). The van der Waals surface area contributed by atoms with Gasteiger partial charge in [0, 0.05) is 25.2 Å². The molecule has 0 bridgehead atoms. The smallest absolute Gasteiger partial charge is 0.325 e. The molecule has 0 spiro atoms. The average molecular weight is 345 g/mol. The summed E-state index contributed by atoms with van der Waals surface area (Å²) in [5, 5.41) is 5.19. The van der Waals surface area contributed by atoms with Crippen LogP contribution in [-0.4, -0.2) is 46.7 Å². The summed E-state index contributed by atoms with van der Waals surface area (Å²) in [5.74, 6) is 0.457. The third-order valence-electron chi connectivity index (χ3n) is 4.47. The number of esters is 1. The maximum absolute atomic E-state index is 11.7. The number of pyridine rings is 1. The Morgan fingerprint density at radius 3 is 2.88 bits per heavy atom. The molecule has 0 saturated heterocycles. The van der Waals surface area contributed by atoms with Crippen LogP contribution >= 0.6 is 0 Å². The molecule has 8 heteroatoms. The minimum absolute atomic E-state index is 0.146. The molecule has 1 saturated carbocycles. The molecule has 1 fully saturated rings. The van der Waals surface area contributed by atoms with Crippen molar-refractivity contribution >= 4 is 23.2 Å². The number of hydrogen-bond acceptors (Lipinski definition) is 5. The zero-order valence-corrected chi connectivity index (χ0v) is 14.3. The molecule has 2 aromatic heterocycles. The Hall–Kier alpha value is -2.64. The number of urea groups is 1. The Kier molecular flexibility index (Phi) is 5.47. The molecule has 2 amide bonds. The number of ether oxygens (including phenoxy) is 1. The number of carbonyl (C=O) groups excluding carboxylic acids is 2. The predicted octanol–water partition coefficient (Wildman–Crippen LogP) is 1.56. The minimum Gasteiger partial charge on any atom is -0.468 e. The first kappa shape index (κ1) is 17.2. The highest BCUT2D eigenvalue weighted by molar-refractivity contribution is 5.80. The van der Waals surface area contributed by atoms with Gasteiger partial charge in [-0.05, 0) is 25.0 Å². The van der Waals surface area contributed by atoms with Crippen LogP contribution in [0.5, 0.6) is 0 Å². The van der Waals surface area contributed by atoms with Gasteiger partial charge in [-0.1, -0.05) is 12.8 Å². The third kappa shape index (κ3) is 4.07. The molecular formula is C17H23N5O3. The van der Waals surface area contributed by atoms with Gasteiger partial charge in [-0.15, -0.1) is 0 Å². The third-order valence-corrected chi connectivity index (χ3v) is 4.47. The lowest BCUT2D eigenvalue weighted by molar-refractivity contribution is -0.139. The zero-order valence-electron chi connectivity index (χ0n) is 14.3. The van der Waals surface area contributed by atoms with Gasteiger partial charge in [-0.2, -0.15) is 0 Å². The second-order valence-corrected chi connectivity index (χ2v) is 6.12. The van der Waals surface area contributed by atoms with Crippen molar-refractivity contribution in [1.29, 1.82) is 0 Å². The van der Waals surface area contributed by atoms with Gasteiger partial charge in [-0.3, -0.25) is 4.79 Å². The molecule has 0 unspecified atom stereocenters. The largest absolute Gasteiger partial charge is 0.468 e. The van der Waals surface area contributed by atoms with Gasteiger partial charge in [0.2, 0.25) is 0 Å². The summed E-state index contributed by atoms with van der Waals surface area (Å²) in [6, 6.07) is 3.89. The summed E-state index contributed by atoms with van der Waals surface area (Å²) >= 11 is 0. The van der Waals surface area contributed by atoms with Gasteiger partial charge in [-0.25, -0.2) is 14.8 Å². The Balaban J connectivity index is 1.64. The lowest BCUT2D eigenvalue weighted by Gasteiger charge is -2.16. The molecule has 134 valence electrons. The molecule has 0 aliphatic heterocycles. The Morgan fingerprint density at radius 1 is 1.32 bits per heavy atom. The van der Waals surface area contributed by atoms with Gasteiger partial charge >= 0.3 is 12.0 Å². The fourth-order valence-corrected chi connectivity index (χ4v) is 3.27. The number of methoxy groups -OCH3 is 1. The summed E-state index contributed by atoms with van der Waals surface area (Å²) in [6.07, 6.45) is 7.13. The standard InChI is InChI=1S/C17H23N5O3/c1-25-15(23)11-20-17(24)19-10-8-14-21-13-7-4-9-18-16(13)22(14)12-5-2-3-6-12/h4,7,9,12H,2-3,5-6,8,10-11H2,1H3,(H2,19,20,24). The first-order valence-corrected chi connectivity index (χ1v) is 8.59. The van der Waals surface area contributed by atoms with Gasteiger partial charge in [0.1, 0.15) is 17.9 Å². The highest BCUT2D eigenvalue weighted by Gasteiger charge is 2.23. The van der Waals surface area contributed by atoms with E-state index in [0.29, 0.717) is 19.0 Å². The van der Waals surface area contributed by atoms with Crippen molar-refractivity contribution in [3.05, 3.63) is 24.2 Å². The molecule has 0 aromatic carbocycles. The van der Waals surface area contributed by atoms with E-state index >= 15 is 0 Å². The SMILES string of the molecule is COC(=O)CNC(=O)NCCc1nc2cccnc2n1C1CCCC1. The van der Waals surface area contributed by atoms with Crippen LogP contribution in [0, 0.1) is 0 Å². The van der Waals surface area contributed by atoms with E-state index in [9.17, 15) is 9.59 Å². The molecule has 0 radical (unpaired) electrons. The number of amides is 2. The average Bonchev–Trinajstić information content (AvgIpc) is 3.26. The van der Waals surface area contributed by atoms with E-state index in [-0.39, 0.29) is 6.54 Å². The topological polar surface area (TPSA) is 98.1 Å². The summed E-state index contributed by atoms with van der Waals surface area (Å²) in [4.78, 5) is 31.9. The number of aromatic nitrogens is 3. The summed E-state index contributed by atoms with van der Waals surface area (Å²) < 4.78 is 6.71. The number of nitrogens with zero attached hydrogens (tertiary/aromatic N) is 3. The van der Waals surface area contributed by atoms with Crippen molar-refractivity contribution < 1.29 is 14.3 Å². The van der Waals surface area contributed by atoms with Crippen molar-refractivity contribution in [3.8, 4) is 0 Å². The van der Waals surface area contributed by atoms with Crippen LogP contribution in [0.15, 0.2) is 18.3 Å². The Bertz CT molecular complexity index is 752. The Morgan fingerprint density at radius 2 is 2.12 bits per heavy atom. The number of rotatable bonds is 6. The van der Waals surface area contributed by atoms with E-state index in [1.807, 2.05) is 12.1 Å². The highest BCUT2D eigenvalue weighted by Crippen LogP contribution is 2.33. The molecule has 1 aliphatic rings. The summed E-state index contributed by atoms with van der Waals surface area (Å²) in [6.45, 7) is 0.288. The molecule has 2 heterocycles. The van der Waals surface area contributed by atoms with Crippen LogP contribution < -0.4 is 10.6 Å². The van der Waals surface area contributed by atoms with E-state index in [0.717, 1.165) is 29.8 Å². The zero-order chi connectivity index (χ0) is 17.6. The molecule has 0 atom stereocenters. The van der Waals surface area contributed by atoms with Gasteiger partial charge in [0.05, 0.1) is 7.11 Å². The maximum atomic E-state index is 11.7. The second kappa shape index (κ2) is 7.96. The number of hydrogen-bond donors (Lipinski definition) is 2. The first-order valence-electron chi connectivity index (χ1n) is 8.59. The number of imidazole rings is 1. The quantitative estimate of drug-likeness (QED) is 0.774. The normalized spacial score (nSPS) is 14.6. The fourth-order valence-electron chi connectivity index (χ4n) is 3.27. The number of fused-ring (bicyclic) bond motifs is 1. The number of nitrogens with one attached hydrogen (secondary N) is 2. The first-order chi connectivity index (χ1) is 12.2. The lowest BCUT2D eigenvalue weighted by Crippen LogP contribution is -2.39. The van der Waals surface area contributed by atoms with Crippen LogP contribution in [0.1, 0.15) is 37.5 Å². The monoisotopic (exact) mass is 345 g/mol. The second-order valence-electron chi connectivity index (χ2n) is 6.12. The van der Waals surface area contributed by atoms with E-state index in [1.54, 1.807) is 6.20 Å². The Labute approximate surface area is 146 Å². The van der Waals surface area contributed by atoms with Crippen LogP contribution in [0.2, 0.25) is 0 Å². The molecular weight excluding hydrogens is 322 g/mol. The highest BCUT2D eigenvalue weighted by atomic mass is 16.5. The van der Waals surface area contributed by atoms with Crippen molar-refractivity contribution in [3.63, 3.8) is 0 Å². The van der Waals surface area contributed by atoms with Crippen LogP contribution in [0.3, 0.4) is 0 Å².